The summed E-state index contributed by atoms with van der Waals surface area (Å²) in [6.07, 6.45) is 4.18. The summed E-state index contributed by atoms with van der Waals surface area (Å²) < 4.78 is 1.17. The van der Waals surface area contributed by atoms with Gasteiger partial charge in [0.05, 0.1) is 5.69 Å². The second-order valence-corrected chi connectivity index (χ2v) is 8.36. The predicted octanol–water partition coefficient (Wildman–Crippen LogP) is 4.05. The lowest BCUT2D eigenvalue weighted by molar-refractivity contribution is -0.126. The number of amides is 2. The second kappa shape index (κ2) is 8.27. The lowest BCUT2D eigenvalue weighted by Crippen LogP contribution is -2.47. The minimum absolute atomic E-state index is 0.175. The van der Waals surface area contributed by atoms with Gasteiger partial charge >= 0.3 is 0 Å². The highest BCUT2D eigenvalue weighted by molar-refractivity contribution is 14.1. The smallest absolute Gasteiger partial charge is 0.249 e. The topological polar surface area (TPSA) is 71.1 Å². The van der Waals surface area contributed by atoms with Crippen LogP contribution >= 0.6 is 33.9 Å². The lowest BCUT2D eigenvalue weighted by Gasteiger charge is -2.22. The zero-order valence-corrected chi connectivity index (χ0v) is 16.9. The minimum Gasteiger partial charge on any atom is -0.344 e. The van der Waals surface area contributed by atoms with Gasteiger partial charge in [0, 0.05) is 21.4 Å². The number of carbonyl (C=O) groups excluding carboxylic acids is 2. The molecule has 1 aromatic heterocycles. The summed E-state index contributed by atoms with van der Waals surface area (Å²) in [5, 5.41) is 8.18. The van der Waals surface area contributed by atoms with Crippen molar-refractivity contribution in [3.05, 3.63) is 33.2 Å². The fourth-order valence-corrected chi connectivity index (χ4v) is 4.26. The van der Waals surface area contributed by atoms with Crippen LogP contribution in [-0.2, 0) is 9.59 Å². The van der Waals surface area contributed by atoms with Crippen LogP contribution in [0, 0.1) is 9.49 Å². The number of hydrogen-bond acceptors (Lipinski definition) is 4. The van der Waals surface area contributed by atoms with Crippen molar-refractivity contribution in [1.82, 2.24) is 10.3 Å². The van der Waals surface area contributed by atoms with Crippen LogP contribution in [-0.4, -0.2) is 22.8 Å². The molecule has 1 aliphatic rings. The van der Waals surface area contributed by atoms with Crippen LogP contribution in [0.2, 0.25) is 0 Å². The molecule has 0 radical (unpaired) electrons. The quantitative estimate of drug-likeness (QED) is 0.650. The number of halogens is 1. The molecule has 132 valence electrons. The third-order valence-electron chi connectivity index (χ3n) is 4.39. The zero-order valence-electron chi connectivity index (χ0n) is 13.9. The molecule has 2 N–H and O–H groups in total. The Kier molecular flexibility index (Phi) is 6.06. The van der Waals surface area contributed by atoms with Crippen molar-refractivity contribution < 1.29 is 9.59 Å². The number of carbonyl (C=O) groups is 2. The zero-order chi connectivity index (χ0) is 17.8. The largest absolute Gasteiger partial charge is 0.344 e. The molecule has 1 saturated carbocycles. The van der Waals surface area contributed by atoms with Crippen LogP contribution in [0.15, 0.2) is 29.6 Å². The van der Waals surface area contributed by atoms with E-state index in [1.54, 1.807) is 0 Å². The molecule has 2 amide bonds. The number of nitrogens with one attached hydrogen (secondary N) is 2. The molecule has 1 fully saturated rings. The van der Waals surface area contributed by atoms with Crippen LogP contribution in [0.1, 0.15) is 32.6 Å². The summed E-state index contributed by atoms with van der Waals surface area (Å²) in [6.45, 7) is 1.45. The molecule has 1 unspecified atom stereocenters. The number of anilines is 1. The molecule has 3 rings (SSSR count). The summed E-state index contributed by atoms with van der Waals surface area (Å²) in [7, 11) is 0. The number of nitrogens with zero attached hydrogens (tertiary/aromatic N) is 1. The molecule has 0 saturated heterocycles. The van der Waals surface area contributed by atoms with Gasteiger partial charge in [-0.25, -0.2) is 4.98 Å². The predicted molar refractivity (Wildman–Crippen MR) is 108 cm³/mol. The van der Waals surface area contributed by atoms with Gasteiger partial charge in [-0.1, -0.05) is 25.0 Å². The first-order valence-electron chi connectivity index (χ1n) is 8.32. The van der Waals surface area contributed by atoms with Crippen LogP contribution in [0.25, 0.3) is 11.3 Å². The third kappa shape index (κ3) is 4.78. The van der Waals surface area contributed by atoms with E-state index < -0.39 is 6.04 Å². The summed E-state index contributed by atoms with van der Waals surface area (Å²) >= 11 is 3.66. The maximum Gasteiger partial charge on any atom is 0.249 e. The van der Waals surface area contributed by atoms with E-state index in [1.165, 1.54) is 21.8 Å². The van der Waals surface area contributed by atoms with E-state index >= 15 is 0 Å². The van der Waals surface area contributed by atoms with E-state index in [4.69, 9.17) is 0 Å². The number of aromatic nitrogens is 1. The molecule has 25 heavy (non-hydrogen) atoms. The molecule has 1 heterocycles. The van der Waals surface area contributed by atoms with Crippen molar-refractivity contribution in [3.63, 3.8) is 0 Å². The Morgan fingerprint density at radius 3 is 2.56 bits per heavy atom. The SMILES string of the molecule is CC(=O)NC(C(=O)Nc1nc(-c2ccc(I)cc2)cs1)C1CCCC1. The first-order chi connectivity index (χ1) is 12.0. The molecule has 0 spiro atoms. The molecule has 0 bridgehead atoms. The Morgan fingerprint density at radius 2 is 1.92 bits per heavy atom. The third-order valence-corrected chi connectivity index (χ3v) is 5.86. The van der Waals surface area contributed by atoms with Gasteiger partial charge in [0.15, 0.2) is 5.13 Å². The number of rotatable bonds is 5. The highest BCUT2D eigenvalue weighted by Gasteiger charge is 2.31. The standard InChI is InChI=1S/C18H20IN3O2S/c1-11(23)20-16(13-4-2-3-5-13)17(24)22-18-21-15(10-25-18)12-6-8-14(19)9-7-12/h6-10,13,16H,2-5H2,1H3,(H,20,23)(H,21,22,24). The monoisotopic (exact) mass is 469 g/mol. The Balaban J connectivity index is 1.70. The summed E-state index contributed by atoms with van der Waals surface area (Å²) in [6, 6.07) is 7.61. The van der Waals surface area contributed by atoms with Gasteiger partial charge in [-0.3, -0.25) is 9.59 Å². The van der Waals surface area contributed by atoms with Crippen LogP contribution in [0.5, 0.6) is 0 Å². The van der Waals surface area contributed by atoms with Crippen molar-refractivity contribution in [1.29, 1.82) is 0 Å². The van der Waals surface area contributed by atoms with E-state index in [1.807, 2.05) is 29.6 Å². The average Bonchev–Trinajstić information content (AvgIpc) is 3.25. The molecular weight excluding hydrogens is 449 g/mol. The number of thiazole rings is 1. The molecular formula is C18H20IN3O2S. The molecule has 1 aliphatic carbocycles. The van der Waals surface area contributed by atoms with E-state index in [-0.39, 0.29) is 17.7 Å². The van der Waals surface area contributed by atoms with E-state index in [0.717, 1.165) is 36.9 Å². The van der Waals surface area contributed by atoms with E-state index in [0.29, 0.717) is 5.13 Å². The normalized spacial score (nSPS) is 15.8. The van der Waals surface area contributed by atoms with Crippen molar-refractivity contribution >= 4 is 50.9 Å². The van der Waals surface area contributed by atoms with Crippen LogP contribution in [0.3, 0.4) is 0 Å². The van der Waals surface area contributed by atoms with Gasteiger partial charge in [-0.2, -0.15) is 0 Å². The van der Waals surface area contributed by atoms with Gasteiger partial charge in [-0.15, -0.1) is 11.3 Å². The van der Waals surface area contributed by atoms with E-state index in [9.17, 15) is 9.59 Å². The molecule has 1 atom stereocenters. The molecule has 7 heteroatoms. The maximum absolute atomic E-state index is 12.7. The van der Waals surface area contributed by atoms with Gasteiger partial charge in [0.1, 0.15) is 6.04 Å². The summed E-state index contributed by atoms with van der Waals surface area (Å²) in [5.74, 6) is -0.143. The Labute approximate surface area is 164 Å². The minimum atomic E-state index is -0.481. The van der Waals surface area contributed by atoms with Gasteiger partial charge in [0.25, 0.3) is 0 Å². The first-order valence-corrected chi connectivity index (χ1v) is 10.3. The first kappa shape index (κ1) is 18.3. The van der Waals surface area contributed by atoms with Crippen molar-refractivity contribution in [3.8, 4) is 11.3 Å². The van der Waals surface area contributed by atoms with Crippen molar-refractivity contribution in [2.45, 2.75) is 38.6 Å². The van der Waals surface area contributed by atoms with Crippen molar-refractivity contribution in [2.75, 3.05) is 5.32 Å². The van der Waals surface area contributed by atoms with Crippen LogP contribution < -0.4 is 10.6 Å². The highest BCUT2D eigenvalue weighted by Crippen LogP contribution is 2.29. The highest BCUT2D eigenvalue weighted by atomic mass is 127. The summed E-state index contributed by atoms with van der Waals surface area (Å²) in [4.78, 5) is 28.7. The van der Waals surface area contributed by atoms with Gasteiger partial charge < -0.3 is 10.6 Å². The van der Waals surface area contributed by atoms with Crippen LogP contribution in [0.4, 0.5) is 5.13 Å². The Hall–Kier alpha value is -1.48. The fraction of sp³-hybridized carbons (Fsp3) is 0.389. The van der Waals surface area contributed by atoms with Gasteiger partial charge in [-0.05, 0) is 53.5 Å². The molecule has 1 aromatic carbocycles. The van der Waals surface area contributed by atoms with E-state index in [2.05, 4.69) is 38.2 Å². The Bertz CT molecular complexity index is 754. The fourth-order valence-electron chi connectivity index (χ4n) is 3.17. The second-order valence-electron chi connectivity index (χ2n) is 6.26. The lowest BCUT2D eigenvalue weighted by atomic mass is 9.97. The molecule has 5 nitrogen and oxygen atoms in total. The average molecular weight is 469 g/mol. The Morgan fingerprint density at radius 1 is 1.24 bits per heavy atom. The summed E-state index contributed by atoms with van der Waals surface area (Å²) in [5.41, 5.74) is 1.86. The molecule has 0 aliphatic heterocycles. The molecule has 2 aromatic rings. The number of hydrogen-bond donors (Lipinski definition) is 2. The van der Waals surface area contributed by atoms with Crippen molar-refractivity contribution in [2.24, 2.45) is 5.92 Å². The number of benzene rings is 1. The van der Waals surface area contributed by atoms with Gasteiger partial charge in [0.2, 0.25) is 11.8 Å². The maximum atomic E-state index is 12.7.